The Hall–Kier alpha value is -1.92. The first-order chi connectivity index (χ1) is 14.5. The lowest BCUT2D eigenvalue weighted by Crippen LogP contribution is -2.39. The van der Waals surface area contributed by atoms with Gasteiger partial charge in [0.1, 0.15) is 5.82 Å². The highest BCUT2D eigenvalue weighted by molar-refractivity contribution is 5.35. The van der Waals surface area contributed by atoms with Crippen molar-refractivity contribution >= 4 is 0 Å². The Morgan fingerprint density at radius 2 is 1.97 bits per heavy atom. The van der Waals surface area contributed by atoms with E-state index in [1.807, 2.05) is 12.1 Å². The van der Waals surface area contributed by atoms with Crippen molar-refractivity contribution in [2.45, 2.75) is 70.6 Å². The van der Waals surface area contributed by atoms with Crippen LogP contribution in [0.1, 0.15) is 70.8 Å². The smallest absolute Gasteiger partial charge is 0.128 e. The Bertz CT molecular complexity index is 784. The average molecular weight is 409 g/mol. The number of nitrogens with zero attached hydrogens (tertiary/aromatic N) is 1. The van der Waals surface area contributed by atoms with Crippen molar-refractivity contribution in [3.63, 3.8) is 0 Å². The highest BCUT2D eigenvalue weighted by Crippen LogP contribution is 2.45. The SMILES string of the molecule is CC(C)C1(CNCCCC(C#N)(c2ccccc2F)C2CCCCC2)C=CC=CC1. The summed E-state index contributed by atoms with van der Waals surface area (Å²) in [5.74, 6) is 0.585. The number of hydrogen-bond donors (Lipinski definition) is 1. The van der Waals surface area contributed by atoms with Crippen LogP contribution in [-0.2, 0) is 5.41 Å². The molecule has 1 fully saturated rings. The number of nitriles is 1. The zero-order valence-electron chi connectivity index (χ0n) is 18.7. The summed E-state index contributed by atoms with van der Waals surface area (Å²) < 4.78 is 14.8. The van der Waals surface area contributed by atoms with E-state index in [9.17, 15) is 9.65 Å². The van der Waals surface area contributed by atoms with Crippen LogP contribution in [0.5, 0.6) is 0 Å². The number of nitrogens with one attached hydrogen (secondary N) is 1. The maximum Gasteiger partial charge on any atom is 0.128 e. The Kier molecular flexibility index (Phi) is 7.89. The van der Waals surface area contributed by atoms with E-state index in [0.717, 1.165) is 51.6 Å². The molecule has 1 N–H and O–H groups in total. The predicted octanol–water partition coefficient (Wildman–Crippen LogP) is 6.70. The van der Waals surface area contributed by atoms with E-state index in [1.54, 1.807) is 6.07 Å². The zero-order valence-corrected chi connectivity index (χ0v) is 18.7. The van der Waals surface area contributed by atoms with Gasteiger partial charge in [-0.05, 0) is 56.6 Å². The van der Waals surface area contributed by atoms with Crippen LogP contribution >= 0.6 is 0 Å². The van der Waals surface area contributed by atoms with E-state index < -0.39 is 5.41 Å². The van der Waals surface area contributed by atoms with Crippen molar-refractivity contribution in [2.24, 2.45) is 17.3 Å². The molecule has 2 atom stereocenters. The van der Waals surface area contributed by atoms with Crippen molar-refractivity contribution in [3.8, 4) is 6.07 Å². The molecule has 0 spiro atoms. The van der Waals surface area contributed by atoms with Crippen molar-refractivity contribution in [1.29, 1.82) is 5.26 Å². The molecule has 0 aromatic heterocycles. The van der Waals surface area contributed by atoms with Crippen LogP contribution in [-0.4, -0.2) is 13.1 Å². The van der Waals surface area contributed by atoms with Gasteiger partial charge in [0, 0.05) is 17.5 Å². The van der Waals surface area contributed by atoms with E-state index in [1.165, 1.54) is 12.5 Å². The first-order valence-electron chi connectivity index (χ1n) is 11.8. The summed E-state index contributed by atoms with van der Waals surface area (Å²) in [6.45, 7) is 6.37. The summed E-state index contributed by atoms with van der Waals surface area (Å²) in [6, 6.07) is 9.57. The number of benzene rings is 1. The van der Waals surface area contributed by atoms with Crippen LogP contribution in [0.2, 0.25) is 0 Å². The predicted molar refractivity (Wildman–Crippen MR) is 123 cm³/mol. The minimum absolute atomic E-state index is 0.163. The summed E-state index contributed by atoms with van der Waals surface area (Å²) in [4.78, 5) is 0. The van der Waals surface area contributed by atoms with Crippen molar-refractivity contribution in [2.75, 3.05) is 13.1 Å². The molecule has 2 aliphatic rings. The monoisotopic (exact) mass is 408 g/mol. The first kappa shape index (κ1) is 22.8. The Balaban J connectivity index is 1.67. The summed E-state index contributed by atoms with van der Waals surface area (Å²) in [5.41, 5.74) is 0.0607. The third-order valence-electron chi connectivity index (χ3n) is 7.56. The van der Waals surface area contributed by atoms with E-state index in [2.05, 4.69) is 49.5 Å². The van der Waals surface area contributed by atoms with E-state index >= 15 is 0 Å². The summed E-state index contributed by atoms with van der Waals surface area (Å²) in [5, 5.41) is 14.0. The van der Waals surface area contributed by atoms with Gasteiger partial charge in [-0.25, -0.2) is 4.39 Å². The molecule has 3 heteroatoms. The van der Waals surface area contributed by atoms with Crippen LogP contribution < -0.4 is 5.32 Å². The van der Waals surface area contributed by atoms with Gasteiger partial charge in [0.05, 0.1) is 11.5 Å². The molecule has 3 rings (SSSR count). The molecule has 0 amide bonds. The second-order valence-electron chi connectivity index (χ2n) is 9.56. The number of allylic oxidation sites excluding steroid dienone is 3. The standard InChI is InChI=1S/C27H37FN2/c1-22(2)26(16-9-4-10-17-26)21-30-19-11-18-27(20-29,23-12-5-3-6-13-23)24-14-7-8-15-25(24)28/h4,7-10,14-16,22-23,30H,3,5-6,11-13,17-19,21H2,1-2H3. The Labute approximate surface area is 182 Å². The Morgan fingerprint density at radius 3 is 2.60 bits per heavy atom. The summed E-state index contributed by atoms with van der Waals surface area (Å²) in [6.07, 6.45) is 17.1. The van der Waals surface area contributed by atoms with Crippen molar-refractivity contribution in [1.82, 2.24) is 5.32 Å². The van der Waals surface area contributed by atoms with Crippen LogP contribution in [0, 0.1) is 34.4 Å². The zero-order chi connectivity index (χ0) is 21.5. The molecule has 162 valence electrons. The lowest BCUT2D eigenvalue weighted by atomic mass is 9.63. The minimum Gasteiger partial charge on any atom is -0.316 e. The molecule has 0 saturated heterocycles. The Morgan fingerprint density at radius 1 is 1.20 bits per heavy atom. The van der Waals surface area contributed by atoms with Crippen LogP contribution in [0.25, 0.3) is 0 Å². The van der Waals surface area contributed by atoms with Crippen LogP contribution in [0.15, 0.2) is 48.6 Å². The molecular weight excluding hydrogens is 371 g/mol. The molecule has 1 aromatic rings. The molecular formula is C27H37FN2. The fourth-order valence-electron chi connectivity index (χ4n) is 5.44. The van der Waals surface area contributed by atoms with E-state index in [0.29, 0.717) is 17.9 Å². The summed E-state index contributed by atoms with van der Waals surface area (Å²) in [7, 11) is 0. The van der Waals surface area contributed by atoms with Gasteiger partial charge < -0.3 is 5.32 Å². The van der Waals surface area contributed by atoms with Gasteiger partial charge in [0.2, 0.25) is 0 Å². The first-order valence-corrected chi connectivity index (χ1v) is 11.8. The van der Waals surface area contributed by atoms with Gasteiger partial charge in [0.15, 0.2) is 0 Å². The molecule has 30 heavy (non-hydrogen) atoms. The highest BCUT2D eigenvalue weighted by Gasteiger charge is 2.42. The van der Waals surface area contributed by atoms with Crippen LogP contribution in [0.3, 0.4) is 0 Å². The van der Waals surface area contributed by atoms with Gasteiger partial charge in [0.25, 0.3) is 0 Å². The number of halogens is 1. The van der Waals surface area contributed by atoms with Gasteiger partial charge >= 0.3 is 0 Å². The molecule has 2 aliphatic carbocycles. The minimum atomic E-state index is -0.712. The lowest BCUT2D eigenvalue weighted by molar-refractivity contribution is 0.225. The van der Waals surface area contributed by atoms with Crippen molar-refractivity contribution < 1.29 is 4.39 Å². The third kappa shape index (κ3) is 4.86. The van der Waals surface area contributed by atoms with E-state index in [-0.39, 0.29) is 17.2 Å². The largest absolute Gasteiger partial charge is 0.316 e. The molecule has 2 nitrogen and oxygen atoms in total. The number of rotatable bonds is 9. The molecule has 0 aliphatic heterocycles. The number of hydrogen-bond acceptors (Lipinski definition) is 2. The third-order valence-corrected chi connectivity index (χ3v) is 7.56. The maximum atomic E-state index is 14.8. The fourth-order valence-corrected chi connectivity index (χ4v) is 5.44. The molecule has 0 radical (unpaired) electrons. The van der Waals surface area contributed by atoms with Gasteiger partial charge in [-0.3, -0.25) is 0 Å². The lowest BCUT2D eigenvalue weighted by Gasteiger charge is -2.38. The van der Waals surface area contributed by atoms with Crippen LogP contribution in [0.4, 0.5) is 4.39 Å². The highest BCUT2D eigenvalue weighted by atomic mass is 19.1. The molecule has 1 saturated carbocycles. The molecule has 1 aromatic carbocycles. The molecule has 0 heterocycles. The topological polar surface area (TPSA) is 35.8 Å². The molecule has 0 bridgehead atoms. The van der Waals surface area contributed by atoms with Gasteiger partial charge in [-0.1, -0.05) is 75.6 Å². The molecule has 2 unspecified atom stereocenters. The average Bonchev–Trinajstić information content (AvgIpc) is 2.78. The second-order valence-corrected chi connectivity index (χ2v) is 9.56. The maximum absolute atomic E-state index is 14.8. The second kappa shape index (κ2) is 10.4. The summed E-state index contributed by atoms with van der Waals surface area (Å²) >= 11 is 0. The van der Waals surface area contributed by atoms with E-state index in [4.69, 9.17) is 0 Å². The van der Waals surface area contributed by atoms with Gasteiger partial charge in [-0.15, -0.1) is 0 Å². The normalized spacial score (nSPS) is 24.0. The van der Waals surface area contributed by atoms with Gasteiger partial charge in [-0.2, -0.15) is 5.26 Å². The van der Waals surface area contributed by atoms with Crippen molar-refractivity contribution in [3.05, 3.63) is 60.0 Å². The quantitative estimate of drug-likeness (QED) is 0.462. The fraction of sp³-hybridized carbons (Fsp3) is 0.593.